The lowest BCUT2D eigenvalue weighted by Crippen LogP contribution is -2.24. The largest absolute Gasteiger partial charge is 0.477 e. The van der Waals surface area contributed by atoms with Crippen LogP contribution < -0.4 is 5.56 Å². The first kappa shape index (κ1) is 13.4. The van der Waals surface area contributed by atoms with Gasteiger partial charge in [-0.15, -0.1) is 11.3 Å². The van der Waals surface area contributed by atoms with Crippen LogP contribution >= 0.6 is 11.3 Å². The van der Waals surface area contributed by atoms with E-state index in [9.17, 15) is 19.1 Å². The lowest BCUT2D eigenvalue weighted by Gasteiger charge is -2.11. The molecule has 0 amide bonds. The van der Waals surface area contributed by atoms with Gasteiger partial charge in [-0.2, -0.15) is 0 Å². The van der Waals surface area contributed by atoms with Crippen molar-refractivity contribution < 1.29 is 14.3 Å². The van der Waals surface area contributed by atoms with Gasteiger partial charge in [0, 0.05) is 12.6 Å². The van der Waals surface area contributed by atoms with Gasteiger partial charge in [-0.25, -0.2) is 14.2 Å². The number of rotatable bonds is 2. The van der Waals surface area contributed by atoms with Crippen molar-refractivity contribution in [1.82, 2.24) is 9.55 Å². The molecule has 0 spiro atoms. The van der Waals surface area contributed by atoms with Crippen molar-refractivity contribution in [3.63, 3.8) is 0 Å². The van der Waals surface area contributed by atoms with Crippen LogP contribution in [0.4, 0.5) is 4.39 Å². The minimum Gasteiger partial charge on any atom is -0.477 e. The van der Waals surface area contributed by atoms with Crippen LogP contribution in [0.3, 0.4) is 0 Å². The molecule has 2 aromatic heterocycles. The van der Waals surface area contributed by atoms with Gasteiger partial charge in [0.15, 0.2) is 0 Å². The van der Waals surface area contributed by atoms with Crippen molar-refractivity contribution in [2.24, 2.45) is 7.05 Å². The van der Waals surface area contributed by atoms with E-state index in [1.807, 2.05) is 0 Å². The first-order valence-corrected chi connectivity index (χ1v) is 6.84. The average Bonchev–Trinajstić information content (AvgIpc) is 2.92. The molecule has 0 aliphatic heterocycles. The molecule has 3 rings (SSSR count). The van der Waals surface area contributed by atoms with Gasteiger partial charge >= 0.3 is 5.97 Å². The molecule has 0 bridgehead atoms. The highest BCUT2D eigenvalue weighted by atomic mass is 32.1. The van der Waals surface area contributed by atoms with Gasteiger partial charge in [0.2, 0.25) is 0 Å². The van der Waals surface area contributed by atoms with Crippen molar-refractivity contribution >= 4 is 27.5 Å². The monoisotopic (exact) mass is 304 g/mol. The summed E-state index contributed by atoms with van der Waals surface area (Å²) in [5.74, 6) is -1.65. The van der Waals surface area contributed by atoms with E-state index in [1.165, 1.54) is 36.8 Å². The number of thiazole rings is 1. The molecular formula is C14H9FN2O3S. The quantitative estimate of drug-likeness (QED) is 0.789. The zero-order valence-electron chi connectivity index (χ0n) is 10.8. The number of nitrogens with zero attached hydrogens (tertiary/aromatic N) is 2. The van der Waals surface area contributed by atoms with Crippen molar-refractivity contribution in [3.8, 4) is 11.1 Å². The fraction of sp³-hybridized carbons (Fsp3) is 0.0714. The van der Waals surface area contributed by atoms with E-state index in [0.29, 0.717) is 21.3 Å². The average molecular weight is 304 g/mol. The topological polar surface area (TPSA) is 72.2 Å². The van der Waals surface area contributed by atoms with Gasteiger partial charge in [0.1, 0.15) is 16.2 Å². The van der Waals surface area contributed by atoms with Crippen LogP contribution in [0.15, 0.2) is 34.6 Å². The van der Waals surface area contributed by atoms with Crippen molar-refractivity contribution in [2.75, 3.05) is 0 Å². The van der Waals surface area contributed by atoms with Gasteiger partial charge in [-0.1, -0.05) is 12.1 Å². The summed E-state index contributed by atoms with van der Waals surface area (Å²) < 4.78 is 14.5. The van der Waals surface area contributed by atoms with E-state index >= 15 is 0 Å². The van der Waals surface area contributed by atoms with Crippen LogP contribution in [0.25, 0.3) is 21.3 Å². The van der Waals surface area contributed by atoms with Crippen molar-refractivity contribution in [1.29, 1.82) is 0 Å². The summed E-state index contributed by atoms with van der Waals surface area (Å²) in [4.78, 5) is 27.8. The lowest BCUT2D eigenvalue weighted by atomic mass is 10.0. The van der Waals surface area contributed by atoms with Gasteiger partial charge in [0.25, 0.3) is 5.56 Å². The smallest absolute Gasteiger partial charge is 0.353 e. The van der Waals surface area contributed by atoms with E-state index < -0.39 is 17.3 Å². The Hall–Kier alpha value is -2.54. The Balaban J connectivity index is 2.50. The third kappa shape index (κ3) is 2.02. The standard InChI is InChI=1S/C14H9FN2O3S/c1-17-11(14(19)20)9(7-2-4-8(15)5-3-7)10-12(13(17)18)21-6-16-10/h2-6H,1H3,(H,19,20). The molecule has 1 N–H and O–H groups in total. The molecular weight excluding hydrogens is 295 g/mol. The predicted molar refractivity (Wildman–Crippen MR) is 77.2 cm³/mol. The molecule has 7 heteroatoms. The summed E-state index contributed by atoms with van der Waals surface area (Å²) in [5, 5.41) is 9.43. The molecule has 0 aliphatic carbocycles. The van der Waals surface area contributed by atoms with E-state index in [-0.39, 0.29) is 5.69 Å². The number of fused-ring (bicyclic) bond motifs is 1. The Kier molecular flexibility index (Phi) is 3.06. The van der Waals surface area contributed by atoms with Crippen molar-refractivity contribution in [3.05, 3.63) is 51.6 Å². The number of aromatic nitrogens is 2. The van der Waals surface area contributed by atoms with Crippen LogP contribution in [-0.2, 0) is 7.05 Å². The highest BCUT2D eigenvalue weighted by Gasteiger charge is 2.22. The summed E-state index contributed by atoms with van der Waals surface area (Å²) in [6.45, 7) is 0. The highest BCUT2D eigenvalue weighted by molar-refractivity contribution is 7.16. The van der Waals surface area contributed by atoms with Crippen LogP contribution in [0.5, 0.6) is 0 Å². The summed E-state index contributed by atoms with van der Waals surface area (Å²) >= 11 is 1.15. The number of benzene rings is 1. The normalized spacial score (nSPS) is 11.0. The highest BCUT2D eigenvalue weighted by Crippen LogP contribution is 2.31. The van der Waals surface area contributed by atoms with E-state index in [1.54, 1.807) is 0 Å². The molecule has 5 nitrogen and oxygen atoms in total. The molecule has 1 aromatic carbocycles. The number of hydrogen-bond acceptors (Lipinski definition) is 4. The number of carbonyl (C=O) groups is 1. The number of hydrogen-bond donors (Lipinski definition) is 1. The Labute approximate surface area is 121 Å². The number of halogens is 1. The van der Waals surface area contributed by atoms with Crippen LogP contribution in [0.2, 0.25) is 0 Å². The fourth-order valence-corrected chi connectivity index (χ4v) is 3.02. The summed E-state index contributed by atoms with van der Waals surface area (Å²) in [7, 11) is 1.40. The van der Waals surface area contributed by atoms with Crippen LogP contribution in [-0.4, -0.2) is 20.6 Å². The molecule has 0 fully saturated rings. The SMILES string of the molecule is Cn1c(C(=O)O)c(-c2ccc(F)cc2)c2ncsc2c1=O. The third-order valence-electron chi connectivity index (χ3n) is 3.21. The second-order valence-corrected chi connectivity index (χ2v) is 5.28. The molecule has 2 heterocycles. The van der Waals surface area contributed by atoms with E-state index in [2.05, 4.69) is 4.98 Å². The summed E-state index contributed by atoms with van der Waals surface area (Å²) in [5.41, 5.74) is 2.07. The molecule has 106 valence electrons. The fourth-order valence-electron chi connectivity index (χ4n) is 2.25. The number of pyridine rings is 1. The maximum absolute atomic E-state index is 13.1. The maximum atomic E-state index is 13.1. The minimum absolute atomic E-state index is 0.162. The van der Waals surface area contributed by atoms with E-state index in [4.69, 9.17) is 0 Å². The third-order valence-corrected chi connectivity index (χ3v) is 4.03. The predicted octanol–water partition coefficient (Wildman–Crippen LogP) is 2.50. The van der Waals surface area contributed by atoms with Crippen LogP contribution in [0.1, 0.15) is 10.5 Å². The van der Waals surface area contributed by atoms with Gasteiger partial charge < -0.3 is 9.67 Å². The molecule has 3 aromatic rings. The first-order chi connectivity index (χ1) is 10.0. The molecule has 0 radical (unpaired) electrons. The zero-order valence-corrected chi connectivity index (χ0v) is 11.6. The van der Waals surface area contributed by atoms with E-state index in [0.717, 1.165) is 15.9 Å². The van der Waals surface area contributed by atoms with Gasteiger partial charge in [0.05, 0.1) is 11.0 Å². The molecule has 0 unspecified atom stereocenters. The molecule has 0 aliphatic rings. The number of carboxylic acid groups (broad SMARTS) is 1. The number of aromatic carboxylic acids is 1. The Morgan fingerprint density at radius 2 is 2.00 bits per heavy atom. The Bertz CT molecular complexity index is 912. The van der Waals surface area contributed by atoms with Crippen molar-refractivity contribution in [2.45, 2.75) is 0 Å². The van der Waals surface area contributed by atoms with Crippen LogP contribution in [0, 0.1) is 5.82 Å². The van der Waals surface area contributed by atoms with Gasteiger partial charge in [-0.05, 0) is 17.7 Å². The molecule has 0 atom stereocenters. The summed E-state index contributed by atoms with van der Waals surface area (Å²) in [6, 6.07) is 5.43. The Morgan fingerprint density at radius 3 is 2.62 bits per heavy atom. The lowest BCUT2D eigenvalue weighted by molar-refractivity contribution is 0.0686. The number of carboxylic acids is 1. The van der Waals surface area contributed by atoms with Gasteiger partial charge in [-0.3, -0.25) is 4.79 Å². The second kappa shape index (κ2) is 4.78. The molecule has 0 saturated heterocycles. The molecule has 21 heavy (non-hydrogen) atoms. The minimum atomic E-state index is -1.23. The zero-order chi connectivity index (χ0) is 15.1. The first-order valence-electron chi connectivity index (χ1n) is 5.96. The second-order valence-electron chi connectivity index (χ2n) is 4.43. The maximum Gasteiger partial charge on any atom is 0.353 e. The summed E-state index contributed by atoms with van der Waals surface area (Å²) in [6.07, 6.45) is 0. The Morgan fingerprint density at radius 1 is 1.33 bits per heavy atom. The molecule has 0 saturated carbocycles.